The molecule has 0 spiro atoms. The lowest BCUT2D eigenvalue weighted by atomic mass is 10.1. The highest BCUT2D eigenvalue weighted by atomic mass is 28.1. The molecule has 0 aromatic carbocycles. The standard InChI is InChI=1S/C16H34O4Si/c1-4-18-16(19-5-2,20-6-3)14-12-10-8-7-9-11-13-15(17)21/h4-14H2,1-3,21H3. The Kier molecular flexibility index (Phi) is 13.3. The van der Waals surface area contributed by atoms with Gasteiger partial charge < -0.3 is 19.0 Å². The molecule has 0 aliphatic heterocycles. The van der Waals surface area contributed by atoms with E-state index in [4.69, 9.17) is 14.2 Å². The van der Waals surface area contributed by atoms with E-state index in [2.05, 4.69) is 0 Å². The van der Waals surface area contributed by atoms with Crippen molar-refractivity contribution in [1.82, 2.24) is 0 Å². The smallest absolute Gasteiger partial charge is 0.282 e. The van der Waals surface area contributed by atoms with E-state index in [1.54, 1.807) is 0 Å². The maximum Gasteiger partial charge on any atom is 0.282 e. The van der Waals surface area contributed by atoms with Crippen LogP contribution in [0, 0.1) is 0 Å². The van der Waals surface area contributed by atoms with E-state index in [9.17, 15) is 4.79 Å². The van der Waals surface area contributed by atoms with Crippen molar-refractivity contribution in [3.05, 3.63) is 0 Å². The van der Waals surface area contributed by atoms with E-state index in [0.717, 1.165) is 32.1 Å². The molecule has 0 N–H and O–H groups in total. The van der Waals surface area contributed by atoms with Crippen LogP contribution < -0.4 is 0 Å². The van der Waals surface area contributed by atoms with Gasteiger partial charge in [-0.25, -0.2) is 0 Å². The minimum atomic E-state index is -0.850. The fourth-order valence-electron chi connectivity index (χ4n) is 2.42. The van der Waals surface area contributed by atoms with Crippen molar-refractivity contribution in [3.63, 3.8) is 0 Å². The number of ether oxygens (including phenoxy) is 3. The van der Waals surface area contributed by atoms with Crippen molar-refractivity contribution >= 4 is 15.6 Å². The van der Waals surface area contributed by atoms with E-state index in [1.807, 2.05) is 20.8 Å². The molecule has 0 heterocycles. The summed E-state index contributed by atoms with van der Waals surface area (Å²) in [6.07, 6.45) is 8.40. The summed E-state index contributed by atoms with van der Waals surface area (Å²) in [6, 6.07) is 0. The third kappa shape index (κ3) is 11.0. The summed E-state index contributed by atoms with van der Waals surface area (Å²) in [4.78, 5) is 10.9. The molecular weight excluding hydrogens is 284 g/mol. The van der Waals surface area contributed by atoms with Crippen LogP contribution in [0.15, 0.2) is 0 Å². The van der Waals surface area contributed by atoms with Crippen LogP contribution in [-0.4, -0.2) is 41.4 Å². The minimum absolute atomic E-state index is 0.435. The molecule has 0 radical (unpaired) electrons. The molecule has 0 fully saturated rings. The van der Waals surface area contributed by atoms with Gasteiger partial charge in [0.1, 0.15) is 5.41 Å². The van der Waals surface area contributed by atoms with Gasteiger partial charge in [-0.2, -0.15) is 0 Å². The van der Waals surface area contributed by atoms with Gasteiger partial charge in [0.15, 0.2) is 0 Å². The normalized spacial score (nSPS) is 12.0. The fourth-order valence-corrected chi connectivity index (χ4v) is 2.78. The van der Waals surface area contributed by atoms with Gasteiger partial charge in [-0.15, -0.1) is 0 Å². The van der Waals surface area contributed by atoms with Crippen LogP contribution in [0.4, 0.5) is 0 Å². The first-order valence-corrected chi connectivity index (χ1v) is 9.51. The molecule has 0 amide bonds. The molecule has 0 saturated carbocycles. The molecule has 0 aliphatic rings. The predicted molar refractivity (Wildman–Crippen MR) is 89.5 cm³/mol. The first-order chi connectivity index (χ1) is 10.1. The molecule has 5 heteroatoms. The molecule has 126 valence electrons. The molecule has 0 unspecified atom stereocenters. The van der Waals surface area contributed by atoms with Gasteiger partial charge in [0.25, 0.3) is 5.97 Å². The number of rotatable bonds is 15. The third-order valence-corrected chi connectivity index (χ3v) is 3.85. The summed E-state index contributed by atoms with van der Waals surface area (Å²) >= 11 is 0. The molecular formula is C16H34O4Si. The molecule has 0 bridgehead atoms. The van der Waals surface area contributed by atoms with Crippen LogP contribution in [0.25, 0.3) is 0 Å². The van der Waals surface area contributed by atoms with E-state index in [0.29, 0.717) is 35.5 Å². The van der Waals surface area contributed by atoms with Gasteiger partial charge in [-0.1, -0.05) is 25.7 Å². The number of hydrogen-bond acceptors (Lipinski definition) is 4. The minimum Gasteiger partial charge on any atom is -0.328 e. The molecule has 4 nitrogen and oxygen atoms in total. The van der Waals surface area contributed by atoms with Crippen molar-refractivity contribution in [2.24, 2.45) is 0 Å². The summed E-state index contributed by atoms with van der Waals surface area (Å²) in [5, 5.41) is 0.435. The van der Waals surface area contributed by atoms with Gasteiger partial charge in [-0.3, -0.25) is 0 Å². The Morgan fingerprint density at radius 1 is 0.810 bits per heavy atom. The van der Waals surface area contributed by atoms with Crippen LogP contribution in [-0.2, 0) is 19.0 Å². The summed E-state index contributed by atoms with van der Waals surface area (Å²) in [7, 11) is 0.704. The van der Waals surface area contributed by atoms with Crippen LogP contribution in [0.3, 0.4) is 0 Å². The van der Waals surface area contributed by atoms with Gasteiger partial charge >= 0.3 is 0 Å². The SMILES string of the molecule is CCOC(CCCCCCCCC(=O)[SiH3])(OCC)OCC. The van der Waals surface area contributed by atoms with Crippen LogP contribution in [0.1, 0.15) is 72.1 Å². The molecule has 0 aliphatic carbocycles. The first kappa shape index (κ1) is 20.8. The maximum absolute atomic E-state index is 10.9. The van der Waals surface area contributed by atoms with Crippen molar-refractivity contribution in [2.45, 2.75) is 78.1 Å². The average Bonchev–Trinajstić information content (AvgIpc) is 2.42. The van der Waals surface area contributed by atoms with Gasteiger partial charge in [0.2, 0.25) is 0 Å². The summed E-state index contributed by atoms with van der Waals surface area (Å²) < 4.78 is 17.1. The molecule has 0 rings (SSSR count). The quantitative estimate of drug-likeness (QED) is 0.265. The van der Waals surface area contributed by atoms with Gasteiger partial charge in [0, 0.05) is 32.7 Å². The fraction of sp³-hybridized carbons (Fsp3) is 0.938. The number of carbonyl (C=O) groups excluding carboxylic acids is 1. The zero-order valence-electron chi connectivity index (χ0n) is 14.4. The summed E-state index contributed by atoms with van der Waals surface area (Å²) in [5.74, 6) is -0.850. The molecule has 0 atom stereocenters. The number of carbonyl (C=O) groups is 1. The Hall–Kier alpha value is -0.233. The zero-order chi connectivity index (χ0) is 16.0. The topological polar surface area (TPSA) is 44.8 Å². The second-order valence-corrected chi connectivity index (χ2v) is 6.42. The Labute approximate surface area is 133 Å². The first-order valence-electron chi connectivity index (χ1n) is 8.51. The van der Waals surface area contributed by atoms with Crippen LogP contribution in [0.2, 0.25) is 0 Å². The zero-order valence-corrected chi connectivity index (χ0v) is 16.4. The predicted octanol–water partition coefficient (Wildman–Crippen LogP) is 2.76. The van der Waals surface area contributed by atoms with E-state index in [-0.39, 0.29) is 0 Å². The highest BCUT2D eigenvalue weighted by Crippen LogP contribution is 2.24. The summed E-state index contributed by atoms with van der Waals surface area (Å²) in [6.45, 7) is 7.66. The van der Waals surface area contributed by atoms with E-state index in [1.165, 1.54) is 19.3 Å². The summed E-state index contributed by atoms with van der Waals surface area (Å²) in [5.41, 5.74) is 0. The highest BCUT2D eigenvalue weighted by Gasteiger charge is 2.31. The third-order valence-electron chi connectivity index (χ3n) is 3.35. The lowest BCUT2D eigenvalue weighted by Gasteiger charge is -2.32. The lowest BCUT2D eigenvalue weighted by Crippen LogP contribution is -2.39. The second-order valence-electron chi connectivity index (χ2n) is 5.31. The monoisotopic (exact) mass is 318 g/mol. The Bertz CT molecular complexity index is 242. The van der Waals surface area contributed by atoms with Crippen molar-refractivity contribution < 1.29 is 19.0 Å². The average molecular weight is 319 g/mol. The van der Waals surface area contributed by atoms with Crippen molar-refractivity contribution in [2.75, 3.05) is 19.8 Å². The van der Waals surface area contributed by atoms with Gasteiger partial charge in [-0.05, 0) is 33.6 Å². The molecule has 21 heavy (non-hydrogen) atoms. The van der Waals surface area contributed by atoms with E-state index >= 15 is 0 Å². The van der Waals surface area contributed by atoms with Crippen molar-refractivity contribution in [1.29, 1.82) is 0 Å². The Morgan fingerprint density at radius 3 is 1.67 bits per heavy atom. The molecule has 0 saturated heterocycles. The number of unbranched alkanes of at least 4 members (excludes halogenated alkanes) is 5. The highest BCUT2D eigenvalue weighted by molar-refractivity contribution is 6.57. The Morgan fingerprint density at radius 2 is 1.24 bits per heavy atom. The van der Waals surface area contributed by atoms with E-state index < -0.39 is 5.97 Å². The number of hydrogen-bond donors (Lipinski definition) is 0. The van der Waals surface area contributed by atoms with Gasteiger partial charge in [0.05, 0.1) is 10.2 Å². The van der Waals surface area contributed by atoms with Crippen LogP contribution in [0.5, 0.6) is 0 Å². The largest absolute Gasteiger partial charge is 0.328 e. The van der Waals surface area contributed by atoms with Crippen molar-refractivity contribution in [3.8, 4) is 0 Å². The Balaban J connectivity index is 3.83. The molecule has 0 aromatic heterocycles. The lowest BCUT2D eigenvalue weighted by molar-refractivity contribution is -0.380. The van der Waals surface area contributed by atoms with Crippen LogP contribution >= 0.6 is 0 Å². The second kappa shape index (κ2) is 13.4. The molecule has 0 aromatic rings. The maximum atomic E-state index is 10.9.